The van der Waals surface area contributed by atoms with Crippen molar-refractivity contribution >= 4 is 50.7 Å². The van der Waals surface area contributed by atoms with Gasteiger partial charge in [-0.3, -0.25) is 24.4 Å². The van der Waals surface area contributed by atoms with Crippen LogP contribution in [-0.4, -0.2) is 95.5 Å². The number of sulfonamides is 1. The summed E-state index contributed by atoms with van der Waals surface area (Å²) >= 11 is 1.47. The van der Waals surface area contributed by atoms with Crippen molar-refractivity contribution in [3.8, 4) is 27.6 Å². The second-order valence-corrected chi connectivity index (χ2v) is 20.0. The number of aromatic nitrogens is 3. The third-order valence-corrected chi connectivity index (χ3v) is 15.5. The van der Waals surface area contributed by atoms with Gasteiger partial charge in [0.1, 0.15) is 5.75 Å². The molecule has 1 saturated carbocycles. The molecule has 1 atom stereocenters. The molecule has 4 N–H and O–H groups in total. The lowest BCUT2D eigenvalue weighted by Crippen LogP contribution is -2.45. The molecule has 1 aliphatic carbocycles. The van der Waals surface area contributed by atoms with E-state index in [1.165, 1.54) is 17.4 Å². The van der Waals surface area contributed by atoms with Crippen LogP contribution < -0.4 is 20.5 Å². The molecule has 8 rings (SSSR count). The minimum Gasteiger partial charge on any atom is -0.490 e. The number of anilines is 2. The van der Waals surface area contributed by atoms with E-state index in [2.05, 4.69) is 29.8 Å². The van der Waals surface area contributed by atoms with Crippen LogP contribution in [0.25, 0.3) is 21.8 Å². The normalized spacial score (nSPS) is 22.0. The first kappa shape index (κ1) is 43.6. The summed E-state index contributed by atoms with van der Waals surface area (Å²) in [5.74, 6) is 0.244. The number of hydrogen-bond donors (Lipinski definition) is 3. The van der Waals surface area contributed by atoms with Crippen molar-refractivity contribution in [3.63, 3.8) is 0 Å². The second kappa shape index (κ2) is 19.2. The number of thiazole rings is 1. The van der Waals surface area contributed by atoms with Crippen molar-refractivity contribution in [2.24, 2.45) is 11.8 Å². The largest absolute Gasteiger partial charge is 0.490 e. The topological polar surface area (TPSA) is 190 Å². The molecule has 2 aromatic heterocycles. The number of nitrogens with zero attached hydrogens (tertiary/aromatic N) is 5. The quantitative estimate of drug-likeness (QED) is 0.121. The van der Waals surface area contributed by atoms with Crippen molar-refractivity contribution in [1.82, 2.24) is 30.1 Å². The molecule has 0 spiro atoms. The van der Waals surface area contributed by atoms with Gasteiger partial charge in [-0.05, 0) is 119 Å². The first-order valence-corrected chi connectivity index (χ1v) is 24.4. The second-order valence-electron chi connectivity index (χ2n) is 17.1. The maximum atomic E-state index is 16.1. The van der Waals surface area contributed by atoms with Crippen molar-refractivity contribution < 1.29 is 31.9 Å². The average molecular weight is 887 g/mol. The number of carbonyl (C=O) groups is 3. The van der Waals surface area contributed by atoms with E-state index in [-0.39, 0.29) is 64.5 Å². The summed E-state index contributed by atoms with van der Waals surface area (Å²) in [6.45, 7) is 6.13. The Labute approximate surface area is 366 Å². The summed E-state index contributed by atoms with van der Waals surface area (Å²) in [6.07, 6.45) is 9.91. The Hall–Kier alpha value is -5.00. The number of ether oxygens (including phenoxy) is 1. The number of rotatable bonds is 13. The molecule has 1 unspecified atom stereocenters. The highest BCUT2D eigenvalue weighted by atomic mass is 32.2. The van der Waals surface area contributed by atoms with Crippen molar-refractivity contribution in [2.75, 3.05) is 48.9 Å². The third kappa shape index (κ3) is 10.3. The summed E-state index contributed by atoms with van der Waals surface area (Å²) in [6, 6.07) is 14.0. The fourth-order valence-corrected chi connectivity index (χ4v) is 11.7. The average Bonchev–Trinajstić information content (AvgIpc) is 3.71. The predicted molar refractivity (Wildman–Crippen MR) is 236 cm³/mol. The number of imide groups is 1. The maximum absolute atomic E-state index is 16.1. The van der Waals surface area contributed by atoms with E-state index >= 15 is 4.39 Å². The zero-order valence-corrected chi connectivity index (χ0v) is 36.7. The molecular weight excluding hydrogens is 832 g/mol. The molecule has 17 heteroatoms. The predicted octanol–water partition coefficient (Wildman–Crippen LogP) is 6.72. The van der Waals surface area contributed by atoms with Crippen LogP contribution in [0, 0.1) is 17.7 Å². The van der Waals surface area contributed by atoms with E-state index in [1.807, 2.05) is 24.3 Å². The van der Waals surface area contributed by atoms with E-state index in [9.17, 15) is 22.8 Å². The molecule has 3 aliphatic heterocycles. The molecule has 0 radical (unpaired) electrons. The Bertz CT molecular complexity index is 2360. The first-order valence-electron chi connectivity index (χ1n) is 21.9. The lowest BCUT2D eigenvalue weighted by Gasteiger charge is -2.39. The van der Waals surface area contributed by atoms with Crippen LogP contribution in [0.3, 0.4) is 0 Å². The molecule has 2 aromatic carbocycles. The van der Waals surface area contributed by atoms with Crippen molar-refractivity contribution in [3.05, 3.63) is 71.1 Å². The highest BCUT2D eigenvalue weighted by Crippen LogP contribution is 2.43. The lowest BCUT2D eigenvalue weighted by molar-refractivity contribution is -0.138. The molecular formula is C45H55FN8O6S2. The Kier molecular flexibility index (Phi) is 13.5. The summed E-state index contributed by atoms with van der Waals surface area (Å²) in [4.78, 5) is 56.1. The van der Waals surface area contributed by atoms with Gasteiger partial charge >= 0.3 is 0 Å². The zero-order chi connectivity index (χ0) is 43.4. The molecule has 14 nitrogen and oxygen atoms in total. The van der Waals surface area contributed by atoms with Crippen LogP contribution in [0.5, 0.6) is 5.75 Å². The van der Waals surface area contributed by atoms with Gasteiger partial charge in [0.05, 0.1) is 44.7 Å². The van der Waals surface area contributed by atoms with E-state index in [4.69, 9.17) is 15.5 Å². The highest BCUT2D eigenvalue weighted by molar-refractivity contribution is 7.92. The number of piperidine rings is 3. The molecule has 4 aromatic rings. The molecule has 3 amide bonds. The van der Waals surface area contributed by atoms with Crippen LogP contribution in [0.15, 0.2) is 54.7 Å². The fourth-order valence-electron chi connectivity index (χ4n) is 9.38. The van der Waals surface area contributed by atoms with Crippen LogP contribution in [0.2, 0.25) is 0 Å². The fraction of sp³-hybridized carbons (Fsp3) is 0.511. The third-order valence-electron chi connectivity index (χ3n) is 12.8. The number of nitrogens with two attached hydrogens (primary N) is 1. The first-order chi connectivity index (χ1) is 29.9. The number of carbonyl (C=O) groups excluding carboxylic acids is 3. The molecule has 0 bridgehead atoms. The van der Waals surface area contributed by atoms with Crippen molar-refractivity contribution in [2.45, 2.75) is 95.5 Å². The maximum Gasteiger partial charge on any atom is 0.234 e. The van der Waals surface area contributed by atoms with Gasteiger partial charge in [-0.1, -0.05) is 25.1 Å². The van der Waals surface area contributed by atoms with Gasteiger partial charge in [-0.25, -0.2) is 27.8 Å². The number of halogens is 1. The molecule has 3 saturated heterocycles. The number of hydrogen-bond acceptors (Lipinski definition) is 12. The minimum atomic E-state index is -3.71. The summed E-state index contributed by atoms with van der Waals surface area (Å²) in [5.41, 5.74) is 7.84. The Balaban J connectivity index is 0.810. The minimum absolute atomic E-state index is 0.0259. The van der Waals surface area contributed by atoms with E-state index in [1.54, 1.807) is 31.3 Å². The van der Waals surface area contributed by atoms with Gasteiger partial charge in [0.2, 0.25) is 33.7 Å². The number of nitrogens with one attached hydrogen (secondary N) is 2. The molecule has 5 heterocycles. The Morgan fingerprint density at radius 3 is 2.39 bits per heavy atom. The number of likely N-dealkylation sites (tertiary alicyclic amines) is 2. The zero-order valence-electron chi connectivity index (χ0n) is 35.1. The SMILES string of the molecule is CCCS(=O)(=O)Nc1cccc(-c2nc(C3CCN(CC4CCN(C(=O)C5CCC(Oc6ccc(C7CCC(=O)NC7=O)cc6)CC5)CC4)CC3)sc2-c2ccnc(N)n2)c1F. The summed E-state index contributed by atoms with van der Waals surface area (Å²) in [7, 11) is -3.71. The Morgan fingerprint density at radius 2 is 1.69 bits per heavy atom. The number of nitrogen functional groups attached to an aromatic ring is 1. The monoisotopic (exact) mass is 886 g/mol. The van der Waals surface area contributed by atoms with Crippen LogP contribution >= 0.6 is 11.3 Å². The van der Waals surface area contributed by atoms with Crippen LogP contribution in [-0.2, 0) is 24.4 Å². The van der Waals surface area contributed by atoms with E-state index < -0.39 is 15.8 Å². The summed E-state index contributed by atoms with van der Waals surface area (Å²) < 4.78 is 49.8. The summed E-state index contributed by atoms with van der Waals surface area (Å²) in [5, 5.41) is 3.31. The van der Waals surface area contributed by atoms with Gasteiger partial charge in [0.15, 0.2) is 5.82 Å². The van der Waals surface area contributed by atoms with Gasteiger partial charge in [0, 0.05) is 49.7 Å². The Morgan fingerprint density at radius 1 is 0.952 bits per heavy atom. The molecule has 4 fully saturated rings. The molecule has 62 heavy (non-hydrogen) atoms. The lowest BCUT2D eigenvalue weighted by atomic mass is 9.85. The van der Waals surface area contributed by atoms with E-state index in [0.29, 0.717) is 41.4 Å². The molecule has 330 valence electrons. The van der Waals surface area contributed by atoms with Crippen LogP contribution in [0.4, 0.5) is 16.0 Å². The van der Waals surface area contributed by atoms with Crippen molar-refractivity contribution in [1.29, 1.82) is 0 Å². The van der Waals surface area contributed by atoms with Gasteiger partial charge in [-0.2, -0.15) is 0 Å². The van der Waals surface area contributed by atoms with Gasteiger partial charge < -0.3 is 20.3 Å². The number of amides is 3. The molecule has 4 aliphatic rings. The van der Waals surface area contributed by atoms with Gasteiger partial charge in [0.25, 0.3) is 0 Å². The highest BCUT2D eigenvalue weighted by Gasteiger charge is 2.34. The van der Waals surface area contributed by atoms with Gasteiger partial charge in [-0.15, -0.1) is 11.3 Å². The standard InChI is InChI=1S/C45H55FN8O6S2/c1-2-26-62(58,59)52-36-5-3-4-35(39(36)46)40-41(37-16-21-48-45(47)49-37)61-43(51-40)30-19-22-53(23-20-30)27-28-17-24-54(25-18-28)44(57)31-8-12-33(13-9-31)60-32-10-6-29(7-11-32)34-14-15-38(55)50-42(34)56/h3-7,10-11,16,21,28,30-31,33-34,52H,2,8-9,12-15,17-20,22-27H2,1H3,(H2,47,48,49)(H,50,55,56). The smallest absolute Gasteiger partial charge is 0.234 e. The number of benzene rings is 2. The van der Waals surface area contributed by atoms with E-state index in [0.717, 1.165) is 100 Å². The van der Waals surface area contributed by atoms with Crippen LogP contribution in [0.1, 0.15) is 100.0 Å².